The standard InChI is InChI=1S/C20H42O2.C14H30O2.C3H8O2/c1-2-3-4-5-6-7-8-9-10-11-12-13-14-15-16-17-19-22-20-18-21;1-2-3-4-5-6-7-8-9-10-11-13-16-14-12-15;1-5-3-2-4/h21H,2-20H2,1H3;15H,2-14H2,1H3;4H,2-3H2,1H3. The van der Waals surface area contributed by atoms with Crippen LogP contribution in [0.15, 0.2) is 0 Å². The second kappa shape index (κ2) is 51.3. The number of aliphatic hydroxyl groups excluding tert-OH is 3. The maximum absolute atomic E-state index is 8.58. The average molecular weight is 621 g/mol. The van der Waals surface area contributed by atoms with Crippen molar-refractivity contribution < 1.29 is 29.5 Å². The molecule has 0 aromatic heterocycles. The molecular weight excluding hydrogens is 540 g/mol. The Labute approximate surface area is 270 Å². The summed E-state index contributed by atoms with van der Waals surface area (Å²) in [5, 5.41) is 25.0. The molecule has 0 bridgehead atoms. The lowest BCUT2D eigenvalue weighted by atomic mass is 10.0. The molecule has 0 aliphatic heterocycles. The molecule has 0 saturated carbocycles. The summed E-state index contributed by atoms with van der Waals surface area (Å²) < 4.78 is 14.9. The van der Waals surface area contributed by atoms with Gasteiger partial charge in [-0.1, -0.05) is 168 Å². The first-order chi connectivity index (χ1) is 21.2. The van der Waals surface area contributed by atoms with E-state index in [9.17, 15) is 0 Å². The lowest BCUT2D eigenvalue weighted by molar-refractivity contribution is 0.0895. The molecule has 6 heteroatoms. The highest BCUT2D eigenvalue weighted by Crippen LogP contribution is 2.14. The van der Waals surface area contributed by atoms with Crippen LogP contribution in [0.1, 0.15) is 181 Å². The third-order valence-corrected chi connectivity index (χ3v) is 7.55. The zero-order chi connectivity index (χ0) is 32.2. The SMILES string of the molecule is CCCCCCCCCCCCCCCCCCOCCO.CCCCCCCCCCCCOCCO.COCCO. The number of aliphatic hydroxyl groups is 3. The Hall–Kier alpha value is -0.240. The van der Waals surface area contributed by atoms with Gasteiger partial charge in [-0.05, 0) is 12.8 Å². The van der Waals surface area contributed by atoms with Gasteiger partial charge in [-0.2, -0.15) is 0 Å². The summed E-state index contributed by atoms with van der Waals surface area (Å²) in [5.74, 6) is 0. The van der Waals surface area contributed by atoms with Crippen molar-refractivity contribution in [2.24, 2.45) is 0 Å². The maximum atomic E-state index is 8.58. The van der Waals surface area contributed by atoms with Gasteiger partial charge in [0.25, 0.3) is 0 Å². The van der Waals surface area contributed by atoms with E-state index >= 15 is 0 Å². The number of ether oxygens (including phenoxy) is 3. The molecule has 0 unspecified atom stereocenters. The van der Waals surface area contributed by atoms with Crippen LogP contribution in [0.4, 0.5) is 0 Å². The lowest BCUT2D eigenvalue weighted by Gasteiger charge is -2.04. The zero-order valence-electron chi connectivity index (χ0n) is 29.6. The van der Waals surface area contributed by atoms with E-state index in [1.165, 1.54) is 154 Å². The third kappa shape index (κ3) is 57.9. The Morgan fingerprint density at radius 3 is 0.721 bits per heavy atom. The molecule has 0 amide bonds. The molecule has 0 radical (unpaired) electrons. The summed E-state index contributed by atoms with van der Waals surface area (Å²) in [4.78, 5) is 0. The summed E-state index contributed by atoms with van der Waals surface area (Å²) in [6, 6.07) is 0. The van der Waals surface area contributed by atoms with Gasteiger partial charge in [-0.25, -0.2) is 0 Å². The van der Waals surface area contributed by atoms with Crippen LogP contribution in [0.2, 0.25) is 0 Å². The van der Waals surface area contributed by atoms with Gasteiger partial charge in [0, 0.05) is 20.3 Å². The molecular formula is C37H80O6. The van der Waals surface area contributed by atoms with Crippen LogP contribution in [0.25, 0.3) is 0 Å². The third-order valence-electron chi connectivity index (χ3n) is 7.55. The fraction of sp³-hybridized carbons (Fsp3) is 1.00. The van der Waals surface area contributed by atoms with Crippen LogP contribution in [0.5, 0.6) is 0 Å². The van der Waals surface area contributed by atoms with Gasteiger partial charge in [-0.15, -0.1) is 0 Å². The molecule has 0 aromatic carbocycles. The van der Waals surface area contributed by atoms with Gasteiger partial charge in [0.15, 0.2) is 0 Å². The van der Waals surface area contributed by atoms with Crippen LogP contribution in [0.3, 0.4) is 0 Å². The van der Waals surface area contributed by atoms with E-state index in [1.54, 1.807) is 7.11 Å². The van der Waals surface area contributed by atoms with Crippen LogP contribution in [-0.4, -0.2) is 75.3 Å². The summed E-state index contributed by atoms with van der Waals surface area (Å²) in [6.07, 6.45) is 36.0. The van der Waals surface area contributed by atoms with Crippen molar-refractivity contribution in [3.8, 4) is 0 Å². The van der Waals surface area contributed by atoms with E-state index in [0.717, 1.165) is 26.1 Å². The van der Waals surface area contributed by atoms with Crippen molar-refractivity contribution in [3.05, 3.63) is 0 Å². The van der Waals surface area contributed by atoms with Crippen LogP contribution in [-0.2, 0) is 14.2 Å². The van der Waals surface area contributed by atoms with Crippen molar-refractivity contribution in [2.45, 2.75) is 181 Å². The Kier molecular flexibility index (Phi) is 56.3. The quantitative estimate of drug-likeness (QED) is 0.0621. The van der Waals surface area contributed by atoms with Gasteiger partial charge in [0.2, 0.25) is 0 Å². The maximum Gasteiger partial charge on any atom is 0.0697 e. The molecule has 6 nitrogen and oxygen atoms in total. The topological polar surface area (TPSA) is 88.4 Å². The summed E-state index contributed by atoms with van der Waals surface area (Å²) >= 11 is 0. The van der Waals surface area contributed by atoms with Crippen LogP contribution >= 0.6 is 0 Å². The molecule has 0 heterocycles. The minimum atomic E-state index is 0.122. The van der Waals surface area contributed by atoms with Gasteiger partial charge in [-0.3, -0.25) is 0 Å². The average Bonchev–Trinajstić information content (AvgIpc) is 3.02. The van der Waals surface area contributed by atoms with E-state index in [1.807, 2.05) is 0 Å². The van der Waals surface area contributed by atoms with E-state index in [4.69, 9.17) is 24.8 Å². The molecule has 0 rings (SSSR count). The molecule has 0 spiro atoms. The first kappa shape index (κ1) is 47.2. The molecule has 0 aliphatic rings. The van der Waals surface area contributed by atoms with Gasteiger partial charge in [0.1, 0.15) is 0 Å². The second-order valence-corrected chi connectivity index (χ2v) is 11.9. The highest BCUT2D eigenvalue weighted by molar-refractivity contribution is 4.50. The molecule has 0 saturated heterocycles. The summed E-state index contributed by atoms with van der Waals surface area (Å²) in [7, 11) is 1.55. The predicted octanol–water partition coefficient (Wildman–Crippen LogP) is 9.80. The Bertz CT molecular complexity index is 375. The van der Waals surface area contributed by atoms with Crippen molar-refractivity contribution >= 4 is 0 Å². The minimum Gasteiger partial charge on any atom is -0.394 e. The van der Waals surface area contributed by atoms with Gasteiger partial charge in [0.05, 0.1) is 39.6 Å². The Morgan fingerprint density at radius 2 is 0.535 bits per heavy atom. The highest BCUT2D eigenvalue weighted by atomic mass is 16.5. The number of hydrogen-bond acceptors (Lipinski definition) is 6. The highest BCUT2D eigenvalue weighted by Gasteiger charge is 1.95. The number of unbranched alkanes of at least 4 members (excludes halogenated alkanes) is 24. The zero-order valence-corrected chi connectivity index (χ0v) is 29.6. The largest absolute Gasteiger partial charge is 0.394 e. The monoisotopic (exact) mass is 621 g/mol. The molecule has 264 valence electrons. The predicted molar refractivity (Wildman–Crippen MR) is 186 cm³/mol. The lowest BCUT2D eigenvalue weighted by Crippen LogP contribution is -2.00. The Morgan fingerprint density at radius 1 is 0.302 bits per heavy atom. The fourth-order valence-electron chi connectivity index (χ4n) is 4.87. The first-order valence-electron chi connectivity index (χ1n) is 18.7. The minimum absolute atomic E-state index is 0.122. The Balaban J connectivity index is -0.000000664. The van der Waals surface area contributed by atoms with Gasteiger partial charge >= 0.3 is 0 Å². The molecule has 0 fully saturated rings. The summed E-state index contributed by atoms with van der Waals surface area (Å²) in [6.45, 7) is 8.05. The van der Waals surface area contributed by atoms with E-state index in [2.05, 4.69) is 18.6 Å². The van der Waals surface area contributed by atoms with E-state index < -0.39 is 0 Å². The molecule has 3 N–H and O–H groups in total. The fourth-order valence-corrected chi connectivity index (χ4v) is 4.87. The number of hydrogen-bond donors (Lipinski definition) is 3. The van der Waals surface area contributed by atoms with Crippen LogP contribution < -0.4 is 0 Å². The molecule has 0 aliphatic carbocycles. The molecule has 0 atom stereocenters. The summed E-state index contributed by atoms with van der Waals surface area (Å²) in [5.41, 5.74) is 0. The molecule has 43 heavy (non-hydrogen) atoms. The van der Waals surface area contributed by atoms with Gasteiger partial charge < -0.3 is 29.5 Å². The van der Waals surface area contributed by atoms with Crippen molar-refractivity contribution in [3.63, 3.8) is 0 Å². The van der Waals surface area contributed by atoms with E-state index in [-0.39, 0.29) is 19.8 Å². The number of rotatable bonds is 34. The van der Waals surface area contributed by atoms with Crippen molar-refractivity contribution in [1.82, 2.24) is 0 Å². The van der Waals surface area contributed by atoms with Crippen molar-refractivity contribution in [2.75, 3.05) is 60.0 Å². The van der Waals surface area contributed by atoms with Crippen LogP contribution in [0, 0.1) is 0 Å². The van der Waals surface area contributed by atoms with Crippen molar-refractivity contribution in [1.29, 1.82) is 0 Å². The smallest absolute Gasteiger partial charge is 0.0697 e. The normalized spacial score (nSPS) is 10.7. The number of methoxy groups -OCH3 is 1. The second-order valence-electron chi connectivity index (χ2n) is 11.9. The van der Waals surface area contributed by atoms with E-state index in [0.29, 0.717) is 19.8 Å². The molecule has 0 aromatic rings. The first-order valence-corrected chi connectivity index (χ1v) is 18.7.